The van der Waals surface area contributed by atoms with Gasteiger partial charge in [0.25, 0.3) is 0 Å². The highest BCUT2D eigenvalue weighted by Crippen LogP contribution is 2.43. The third-order valence-corrected chi connectivity index (χ3v) is 3.56. The van der Waals surface area contributed by atoms with Gasteiger partial charge in [-0.15, -0.1) is 0 Å². The van der Waals surface area contributed by atoms with Crippen molar-refractivity contribution in [2.75, 3.05) is 13.2 Å². The summed E-state index contributed by atoms with van der Waals surface area (Å²) in [6.45, 7) is 4.78. The SMILES string of the molecule is CC1(C)O[C@H]2O[C@H]3[C@@H](O[C@H]4COC[C@@H]3O4)[C@H]2O1. The first-order valence-electron chi connectivity index (χ1n) is 6.02. The van der Waals surface area contributed by atoms with E-state index in [1.165, 1.54) is 0 Å². The maximum Gasteiger partial charge on any atom is 0.190 e. The van der Waals surface area contributed by atoms with Crippen molar-refractivity contribution in [1.29, 1.82) is 0 Å². The lowest BCUT2D eigenvalue weighted by Gasteiger charge is -2.42. The molecule has 0 aromatic rings. The Labute approximate surface area is 99.0 Å². The number of fused-ring (bicyclic) bond motifs is 6. The van der Waals surface area contributed by atoms with Crippen molar-refractivity contribution < 1.29 is 28.4 Å². The maximum atomic E-state index is 5.84. The summed E-state index contributed by atoms with van der Waals surface area (Å²) in [5.74, 6) is -0.604. The molecule has 4 aliphatic rings. The first kappa shape index (κ1) is 10.7. The van der Waals surface area contributed by atoms with Gasteiger partial charge in [-0.2, -0.15) is 0 Å². The Hall–Kier alpha value is -0.240. The van der Waals surface area contributed by atoms with Crippen LogP contribution in [0.25, 0.3) is 0 Å². The molecule has 0 unspecified atom stereocenters. The van der Waals surface area contributed by atoms with Crippen molar-refractivity contribution in [3.63, 3.8) is 0 Å². The smallest absolute Gasteiger partial charge is 0.190 e. The van der Waals surface area contributed by atoms with Crippen LogP contribution in [0, 0.1) is 0 Å². The Morgan fingerprint density at radius 1 is 0.882 bits per heavy atom. The highest BCUT2D eigenvalue weighted by molar-refractivity contribution is 5.00. The summed E-state index contributed by atoms with van der Waals surface area (Å²) in [4.78, 5) is 0. The molecule has 4 aliphatic heterocycles. The predicted octanol–water partition coefficient (Wildman–Crippen LogP) is 0.00310. The normalized spacial score (nSPS) is 55.4. The minimum atomic E-state index is -0.604. The van der Waals surface area contributed by atoms with Crippen LogP contribution >= 0.6 is 0 Å². The summed E-state index contributed by atoms with van der Waals surface area (Å²) >= 11 is 0. The van der Waals surface area contributed by atoms with Crippen LogP contribution in [0.3, 0.4) is 0 Å². The van der Waals surface area contributed by atoms with Crippen molar-refractivity contribution >= 4 is 0 Å². The second-order valence-electron chi connectivity index (χ2n) is 5.31. The lowest BCUT2D eigenvalue weighted by molar-refractivity contribution is -0.342. The highest BCUT2D eigenvalue weighted by Gasteiger charge is 2.60. The van der Waals surface area contributed by atoms with E-state index >= 15 is 0 Å². The van der Waals surface area contributed by atoms with E-state index in [4.69, 9.17) is 28.4 Å². The average molecular weight is 244 g/mol. The van der Waals surface area contributed by atoms with E-state index in [1.807, 2.05) is 13.8 Å². The molecule has 0 aromatic carbocycles. The van der Waals surface area contributed by atoms with Gasteiger partial charge in [0.1, 0.15) is 24.4 Å². The monoisotopic (exact) mass is 244 g/mol. The van der Waals surface area contributed by atoms with Gasteiger partial charge in [-0.05, 0) is 13.8 Å². The second kappa shape index (κ2) is 3.40. The Morgan fingerprint density at radius 2 is 1.76 bits per heavy atom. The molecule has 2 bridgehead atoms. The van der Waals surface area contributed by atoms with Gasteiger partial charge in [-0.1, -0.05) is 0 Å². The quantitative estimate of drug-likeness (QED) is 0.598. The van der Waals surface area contributed by atoms with Crippen molar-refractivity contribution in [3.05, 3.63) is 0 Å². The molecular formula is C11H16O6. The fourth-order valence-electron chi connectivity index (χ4n) is 2.93. The topological polar surface area (TPSA) is 55.4 Å². The van der Waals surface area contributed by atoms with Crippen molar-refractivity contribution in [1.82, 2.24) is 0 Å². The summed E-state index contributed by atoms with van der Waals surface area (Å²) in [6.07, 6.45) is -1.17. The molecule has 6 nitrogen and oxygen atoms in total. The van der Waals surface area contributed by atoms with Gasteiger partial charge in [-0.3, -0.25) is 0 Å². The van der Waals surface area contributed by atoms with E-state index in [0.29, 0.717) is 13.2 Å². The second-order valence-corrected chi connectivity index (χ2v) is 5.31. The Morgan fingerprint density at radius 3 is 2.65 bits per heavy atom. The fraction of sp³-hybridized carbons (Fsp3) is 1.00. The minimum absolute atomic E-state index is 0.0755. The van der Waals surface area contributed by atoms with Crippen LogP contribution in [0.15, 0.2) is 0 Å². The zero-order valence-electron chi connectivity index (χ0n) is 9.83. The van der Waals surface area contributed by atoms with Crippen LogP contribution in [0.4, 0.5) is 0 Å². The molecule has 0 amide bonds. The van der Waals surface area contributed by atoms with Gasteiger partial charge in [-0.25, -0.2) is 0 Å². The zero-order valence-corrected chi connectivity index (χ0v) is 9.83. The van der Waals surface area contributed by atoms with Crippen LogP contribution in [0.2, 0.25) is 0 Å². The van der Waals surface area contributed by atoms with Crippen molar-refractivity contribution in [2.45, 2.75) is 56.6 Å². The Kier molecular flexibility index (Phi) is 2.13. The molecule has 17 heavy (non-hydrogen) atoms. The molecule has 4 fully saturated rings. The molecule has 0 spiro atoms. The third-order valence-electron chi connectivity index (χ3n) is 3.56. The lowest BCUT2D eigenvalue weighted by atomic mass is 10.0. The van der Waals surface area contributed by atoms with Crippen LogP contribution in [-0.2, 0) is 28.4 Å². The van der Waals surface area contributed by atoms with Gasteiger partial charge in [0.05, 0.1) is 13.2 Å². The summed E-state index contributed by atoms with van der Waals surface area (Å²) in [5.41, 5.74) is 0. The molecule has 6 heteroatoms. The molecule has 0 N–H and O–H groups in total. The Bertz CT molecular complexity index is 332. The highest BCUT2D eigenvalue weighted by atomic mass is 16.9. The van der Waals surface area contributed by atoms with Crippen molar-refractivity contribution in [3.8, 4) is 0 Å². The van der Waals surface area contributed by atoms with Crippen LogP contribution < -0.4 is 0 Å². The molecule has 0 aliphatic carbocycles. The molecule has 6 atom stereocenters. The molecule has 96 valence electrons. The largest absolute Gasteiger partial charge is 0.373 e. The summed E-state index contributed by atoms with van der Waals surface area (Å²) in [6, 6.07) is 0. The average Bonchev–Trinajstić information content (AvgIpc) is 2.72. The van der Waals surface area contributed by atoms with E-state index in [2.05, 4.69) is 0 Å². The summed E-state index contributed by atoms with van der Waals surface area (Å²) in [5, 5.41) is 0. The van der Waals surface area contributed by atoms with E-state index in [9.17, 15) is 0 Å². The lowest BCUT2D eigenvalue weighted by Crippen LogP contribution is -2.57. The van der Waals surface area contributed by atoms with Crippen LogP contribution in [0.1, 0.15) is 13.8 Å². The summed E-state index contributed by atoms with van der Waals surface area (Å²) < 4.78 is 34.2. The van der Waals surface area contributed by atoms with Crippen LogP contribution in [-0.4, -0.2) is 56.0 Å². The number of hydrogen-bond donors (Lipinski definition) is 0. The third kappa shape index (κ3) is 1.56. The van der Waals surface area contributed by atoms with Gasteiger partial charge in [0.2, 0.25) is 0 Å². The van der Waals surface area contributed by atoms with E-state index in [1.54, 1.807) is 0 Å². The van der Waals surface area contributed by atoms with Crippen molar-refractivity contribution in [2.24, 2.45) is 0 Å². The van der Waals surface area contributed by atoms with Gasteiger partial charge < -0.3 is 28.4 Å². The van der Waals surface area contributed by atoms with E-state index in [-0.39, 0.29) is 37.0 Å². The maximum absolute atomic E-state index is 5.84. The predicted molar refractivity (Wildman–Crippen MR) is 53.1 cm³/mol. The molecule has 4 heterocycles. The van der Waals surface area contributed by atoms with Gasteiger partial charge in [0, 0.05) is 0 Å². The summed E-state index contributed by atoms with van der Waals surface area (Å²) in [7, 11) is 0. The van der Waals surface area contributed by atoms with Gasteiger partial charge >= 0.3 is 0 Å². The molecule has 4 saturated heterocycles. The fourth-order valence-corrected chi connectivity index (χ4v) is 2.93. The van der Waals surface area contributed by atoms with E-state index < -0.39 is 5.79 Å². The Balaban J connectivity index is 1.59. The number of rotatable bonds is 0. The van der Waals surface area contributed by atoms with Crippen LogP contribution in [0.5, 0.6) is 0 Å². The molecular weight excluding hydrogens is 228 g/mol. The first-order chi connectivity index (χ1) is 8.12. The molecule has 0 aromatic heterocycles. The van der Waals surface area contributed by atoms with Gasteiger partial charge in [0.15, 0.2) is 18.4 Å². The molecule has 0 saturated carbocycles. The number of hydrogen-bond acceptors (Lipinski definition) is 6. The molecule has 4 rings (SSSR count). The number of ether oxygens (including phenoxy) is 6. The minimum Gasteiger partial charge on any atom is -0.373 e. The molecule has 0 radical (unpaired) electrons. The first-order valence-corrected chi connectivity index (χ1v) is 6.02. The zero-order chi connectivity index (χ0) is 11.6. The van der Waals surface area contributed by atoms with E-state index in [0.717, 1.165) is 0 Å². The standard InChI is InChI=1S/C11H16O6/c1-11(2)16-9-8-7(15-10(9)17-11)5-3-12-4-6(13-5)14-8/h5-10H,3-4H2,1-2H3/t5-,6-,7+,8+,9+,10+/m0/s1.